The maximum Gasteiger partial charge on any atom is 0.417 e. The second-order valence-electron chi connectivity index (χ2n) is 3.66. The van der Waals surface area contributed by atoms with E-state index >= 15 is 0 Å². The van der Waals surface area contributed by atoms with E-state index < -0.39 is 17.7 Å². The first kappa shape index (κ1) is 15.3. The van der Waals surface area contributed by atoms with Gasteiger partial charge in [-0.05, 0) is 18.6 Å². The lowest BCUT2D eigenvalue weighted by atomic mass is 10.3. The van der Waals surface area contributed by atoms with Gasteiger partial charge in [-0.3, -0.25) is 0 Å². The lowest BCUT2D eigenvalue weighted by Gasteiger charge is -2.24. The van der Waals surface area contributed by atoms with Gasteiger partial charge in [0.05, 0.1) is 0 Å². The molecule has 1 aromatic carbocycles. The first-order valence-corrected chi connectivity index (χ1v) is 6.41. The lowest BCUT2D eigenvalue weighted by Crippen LogP contribution is -2.39. The van der Waals surface area contributed by atoms with Crippen LogP contribution in [0.4, 0.5) is 13.2 Å². The van der Waals surface area contributed by atoms with Crippen LogP contribution in [0.15, 0.2) is 35.2 Å². The summed E-state index contributed by atoms with van der Waals surface area (Å²) in [7, 11) is 0. The molecule has 0 aromatic heterocycles. The Morgan fingerprint density at radius 1 is 1.28 bits per heavy atom. The predicted molar refractivity (Wildman–Crippen MR) is 64.4 cm³/mol. The highest BCUT2D eigenvalue weighted by atomic mass is 32.2. The molecule has 6 heteroatoms. The van der Waals surface area contributed by atoms with Crippen LogP contribution in [0.2, 0.25) is 0 Å². The van der Waals surface area contributed by atoms with Crippen molar-refractivity contribution in [2.45, 2.75) is 36.0 Å². The van der Waals surface area contributed by atoms with Gasteiger partial charge in [0.25, 0.3) is 0 Å². The minimum absolute atomic E-state index is 0.178. The van der Waals surface area contributed by atoms with E-state index in [0.717, 1.165) is 11.8 Å². The number of aliphatic hydroxyl groups is 1. The normalized spacial score (nSPS) is 15.4. The molecule has 0 spiro atoms. The third kappa shape index (κ3) is 4.88. The molecule has 102 valence electrons. The number of aliphatic hydroxyl groups excluding tert-OH is 1. The van der Waals surface area contributed by atoms with Crippen LogP contribution in [0.1, 0.15) is 13.3 Å². The van der Waals surface area contributed by atoms with Crippen molar-refractivity contribution < 1.29 is 23.0 Å². The van der Waals surface area contributed by atoms with Gasteiger partial charge in [-0.15, -0.1) is 0 Å². The van der Waals surface area contributed by atoms with Gasteiger partial charge in [-0.1, -0.05) is 36.9 Å². The van der Waals surface area contributed by atoms with Crippen LogP contribution >= 0.6 is 11.8 Å². The predicted octanol–water partition coefficient (Wildman–Crippen LogP) is 3.45. The first-order valence-electron chi connectivity index (χ1n) is 5.53. The highest BCUT2D eigenvalue weighted by molar-refractivity contribution is 7.99. The third-order valence-corrected chi connectivity index (χ3v) is 3.25. The van der Waals surface area contributed by atoms with Gasteiger partial charge in [0.15, 0.2) is 6.10 Å². The molecule has 18 heavy (non-hydrogen) atoms. The molecule has 0 fully saturated rings. The van der Waals surface area contributed by atoms with Crippen molar-refractivity contribution in [3.8, 4) is 0 Å². The molecule has 0 amide bonds. The smallest absolute Gasteiger partial charge is 0.381 e. The summed E-state index contributed by atoms with van der Waals surface area (Å²) in [6.07, 6.45) is -6.58. The Morgan fingerprint density at radius 3 is 2.39 bits per heavy atom. The standard InChI is InChI=1S/C12H15F3O2S/c1-2-8-17-11(10(16)12(13,14)15)18-9-6-4-3-5-7-9/h3-7,10-11,16H,2,8H2,1H3. The van der Waals surface area contributed by atoms with Gasteiger partial charge in [0, 0.05) is 11.5 Å². The van der Waals surface area contributed by atoms with E-state index in [9.17, 15) is 18.3 Å². The molecule has 1 rings (SSSR count). The number of hydrogen-bond acceptors (Lipinski definition) is 3. The van der Waals surface area contributed by atoms with E-state index in [1.807, 2.05) is 0 Å². The summed E-state index contributed by atoms with van der Waals surface area (Å²) in [5.74, 6) is 0. The van der Waals surface area contributed by atoms with Crippen molar-refractivity contribution in [1.82, 2.24) is 0 Å². The summed E-state index contributed by atoms with van der Waals surface area (Å²) in [5, 5.41) is 9.26. The first-order chi connectivity index (χ1) is 8.45. The molecular formula is C12H15F3O2S. The summed E-state index contributed by atoms with van der Waals surface area (Å²) in [4.78, 5) is 0.627. The van der Waals surface area contributed by atoms with E-state index in [4.69, 9.17) is 4.74 Å². The Balaban J connectivity index is 2.72. The van der Waals surface area contributed by atoms with E-state index in [-0.39, 0.29) is 6.61 Å². The molecule has 1 N–H and O–H groups in total. The van der Waals surface area contributed by atoms with Crippen molar-refractivity contribution in [3.63, 3.8) is 0 Å². The molecule has 2 unspecified atom stereocenters. The molecule has 1 aromatic rings. The second-order valence-corrected chi connectivity index (χ2v) is 4.83. The highest BCUT2D eigenvalue weighted by Crippen LogP contribution is 2.33. The minimum atomic E-state index is -4.68. The summed E-state index contributed by atoms with van der Waals surface area (Å²) < 4.78 is 42.5. The van der Waals surface area contributed by atoms with Crippen LogP contribution in [-0.2, 0) is 4.74 Å². The average molecular weight is 280 g/mol. The molecule has 0 bridgehead atoms. The largest absolute Gasteiger partial charge is 0.417 e. The molecular weight excluding hydrogens is 265 g/mol. The number of hydrogen-bond donors (Lipinski definition) is 1. The molecule has 2 atom stereocenters. The van der Waals surface area contributed by atoms with Crippen molar-refractivity contribution >= 4 is 11.8 Å². The highest BCUT2D eigenvalue weighted by Gasteiger charge is 2.44. The summed E-state index contributed by atoms with van der Waals surface area (Å²) in [6.45, 7) is 1.97. The lowest BCUT2D eigenvalue weighted by molar-refractivity contribution is -0.223. The molecule has 0 aliphatic heterocycles. The minimum Gasteiger partial charge on any atom is -0.381 e. The van der Waals surface area contributed by atoms with Crippen LogP contribution in [0.25, 0.3) is 0 Å². The number of thioether (sulfide) groups is 1. The van der Waals surface area contributed by atoms with Crippen LogP contribution in [0.5, 0.6) is 0 Å². The van der Waals surface area contributed by atoms with Crippen LogP contribution < -0.4 is 0 Å². The second kappa shape index (κ2) is 7.01. The maximum atomic E-state index is 12.5. The van der Waals surface area contributed by atoms with Gasteiger partial charge in [0.2, 0.25) is 0 Å². The molecule has 0 aliphatic carbocycles. The zero-order valence-electron chi connectivity index (χ0n) is 9.85. The molecule has 0 radical (unpaired) electrons. The molecule has 0 heterocycles. The fraction of sp³-hybridized carbons (Fsp3) is 0.500. The molecule has 0 saturated heterocycles. The van der Waals surface area contributed by atoms with Crippen LogP contribution in [0.3, 0.4) is 0 Å². The number of benzene rings is 1. The van der Waals surface area contributed by atoms with Crippen LogP contribution in [-0.4, -0.2) is 29.4 Å². The Labute approximate surface area is 108 Å². The van der Waals surface area contributed by atoms with Crippen molar-refractivity contribution in [1.29, 1.82) is 0 Å². The monoisotopic (exact) mass is 280 g/mol. The van der Waals surface area contributed by atoms with E-state index in [0.29, 0.717) is 11.3 Å². The quantitative estimate of drug-likeness (QED) is 0.639. The zero-order chi connectivity index (χ0) is 13.6. The number of ether oxygens (including phenoxy) is 1. The van der Waals surface area contributed by atoms with E-state index in [2.05, 4.69) is 0 Å². The fourth-order valence-corrected chi connectivity index (χ4v) is 2.24. The Kier molecular flexibility index (Phi) is 5.98. The van der Waals surface area contributed by atoms with Gasteiger partial charge < -0.3 is 9.84 Å². The topological polar surface area (TPSA) is 29.5 Å². The molecule has 0 aliphatic rings. The zero-order valence-corrected chi connectivity index (χ0v) is 10.7. The van der Waals surface area contributed by atoms with Crippen LogP contribution in [0, 0.1) is 0 Å². The van der Waals surface area contributed by atoms with Gasteiger partial charge >= 0.3 is 6.18 Å². The van der Waals surface area contributed by atoms with Crippen molar-refractivity contribution in [2.24, 2.45) is 0 Å². The van der Waals surface area contributed by atoms with Gasteiger partial charge in [0.1, 0.15) is 5.44 Å². The number of alkyl halides is 3. The Morgan fingerprint density at radius 2 is 1.89 bits per heavy atom. The average Bonchev–Trinajstić information content (AvgIpc) is 2.33. The SMILES string of the molecule is CCCOC(Sc1ccccc1)C(O)C(F)(F)F. The van der Waals surface area contributed by atoms with Gasteiger partial charge in [-0.2, -0.15) is 13.2 Å². The number of halogens is 3. The molecule has 2 nitrogen and oxygen atoms in total. The van der Waals surface area contributed by atoms with Crippen molar-refractivity contribution in [3.05, 3.63) is 30.3 Å². The Bertz CT molecular complexity index is 343. The number of rotatable bonds is 6. The maximum absolute atomic E-state index is 12.5. The van der Waals surface area contributed by atoms with Gasteiger partial charge in [-0.25, -0.2) is 0 Å². The van der Waals surface area contributed by atoms with E-state index in [1.165, 1.54) is 0 Å². The summed E-state index contributed by atoms with van der Waals surface area (Å²) in [6, 6.07) is 8.57. The molecule has 0 saturated carbocycles. The van der Waals surface area contributed by atoms with Crippen molar-refractivity contribution in [2.75, 3.05) is 6.61 Å². The summed E-state index contributed by atoms with van der Waals surface area (Å²) in [5.41, 5.74) is -1.34. The fourth-order valence-electron chi connectivity index (χ4n) is 1.21. The Hall–Kier alpha value is -0.720. The van der Waals surface area contributed by atoms with E-state index in [1.54, 1.807) is 37.3 Å². The third-order valence-electron chi connectivity index (χ3n) is 2.07. The summed E-state index contributed by atoms with van der Waals surface area (Å²) >= 11 is 0.871.